The maximum atomic E-state index is 13.4. The van der Waals surface area contributed by atoms with Gasteiger partial charge in [-0.3, -0.25) is 4.79 Å². The summed E-state index contributed by atoms with van der Waals surface area (Å²) in [6.45, 7) is 4.57. The number of nitrogens with zero attached hydrogens (tertiary/aromatic N) is 3. The van der Waals surface area contributed by atoms with Crippen LogP contribution in [0.5, 0.6) is 5.75 Å². The summed E-state index contributed by atoms with van der Waals surface area (Å²) < 4.78 is 8.52. The Labute approximate surface area is 218 Å². The first kappa shape index (κ1) is 23.9. The van der Waals surface area contributed by atoms with Gasteiger partial charge in [-0.15, -0.1) is 0 Å². The van der Waals surface area contributed by atoms with Gasteiger partial charge in [0.15, 0.2) is 0 Å². The van der Waals surface area contributed by atoms with Crippen molar-refractivity contribution in [1.82, 2.24) is 9.66 Å². The van der Waals surface area contributed by atoms with Gasteiger partial charge in [0.05, 0.1) is 17.1 Å². The van der Waals surface area contributed by atoms with Gasteiger partial charge < -0.3 is 4.74 Å². The highest BCUT2D eigenvalue weighted by Gasteiger charge is 2.12. The molecule has 0 aliphatic rings. The predicted octanol–water partition coefficient (Wildman–Crippen LogP) is 7.03. The van der Waals surface area contributed by atoms with Crippen LogP contribution in [0.2, 0.25) is 0 Å². The Bertz CT molecular complexity index is 1660. The van der Waals surface area contributed by atoms with E-state index >= 15 is 0 Å². The Balaban J connectivity index is 1.61. The van der Waals surface area contributed by atoms with Crippen molar-refractivity contribution in [3.63, 3.8) is 0 Å². The fraction of sp³-hybridized carbons (Fsp3) is 0.167. The molecule has 5 nitrogen and oxygen atoms in total. The molecular weight excluding hydrogens is 514 g/mol. The van der Waals surface area contributed by atoms with Gasteiger partial charge in [0, 0.05) is 16.5 Å². The summed E-state index contributed by atoms with van der Waals surface area (Å²) >= 11 is 3.46. The van der Waals surface area contributed by atoms with Gasteiger partial charge in [-0.2, -0.15) is 9.78 Å². The number of halogens is 1. The normalized spacial score (nSPS) is 11.5. The van der Waals surface area contributed by atoms with E-state index < -0.39 is 0 Å². The van der Waals surface area contributed by atoms with Crippen molar-refractivity contribution in [2.75, 3.05) is 0 Å². The second-order valence-corrected chi connectivity index (χ2v) is 9.69. The summed E-state index contributed by atoms with van der Waals surface area (Å²) in [6.07, 6.45) is 3.22. The van der Waals surface area contributed by atoms with E-state index in [4.69, 9.17) is 9.72 Å². The average Bonchev–Trinajstić information content (AvgIpc) is 2.88. The summed E-state index contributed by atoms with van der Waals surface area (Å²) in [5, 5.41) is 7.28. The smallest absolute Gasteiger partial charge is 0.282 e. The van der Waals surface area contributed by atoms with Crippen molar-refractivity contribution in [2.24, 2.45) is 5.10 Å². The Morgan fingerprint density at radius 2 is 1.86 bits per heavy atom. The van der Waals surface area contributed by atoms with Crippen LogP contribution >= 0.6 is 15.9 Å². The number of aryl methyl sites for hydroxylation is 2. The fourth-order valence-electron chi connectivity index (χ4n) is 4.31. The number of hydrogen-bond acceptors (Lipinski definition) is 4. The van der Waals surface area contributed by atoms with Gasteiger partial charge in [-0.25, -0.2) is 4.98 Å². The van der Waals surface area contributed by atoms with Crippen LogP contribution in [0, 0.1) is 6.92 Å². The van der Waals surface area contributed by atoms with Gasteiger partial charge in [0.2, 0.25) is 0 Å². The van der Waals surface area contributed by atoms with Gasteiger partial charge in [-0.05, 0) is 53.9 Å². The number of rotatable bonds is 7. The lowest BCUT2D eigenvalue weighted by Gasteiger charge is -2.13. The highest BCUT2D eigenvalue weighted by molar-refractivity contribution is 9.10. The van der Waals surface area contributed by atoms with Crippen LogP contribution in [0.25, 0.3) is 21.7 Å². The highest BCUT2D eigenvalue weighted by atomic mass is 79.9. The minimum Gasteiger partial charge on any atom is -0.488 e. The largest absolute Gasteiger partial charge is 0.488 e. The molecule has 0 aliphatic heterocycles. The monoisotopic (exact) mass is 539 g/mol. The summed E-state index contributed by atoms with van der Waals surface area (Å²) in [7, 11) is 0. The molecule has 0 aliphatic carbocycles. The molecule has 180 valence electrons. The molecule has 0 saturated carbocycles. The van der Waals surface area contributed by atoms with E-state index in [0.717, 1.165) is 32.8 Å². The Kier molecular flexibility index (Phi) is 6.96. The maximum Gasteiger partial charge on any atom is 0.282 e. The van der Waals surface area contributed by atoms with Crippen molar-refractivity contribution < 1.29 is 4.74 Å². The van der Waals surface area contributed by atoms with Crippen molar-refractivity contribution >= 4 is 43.8 Å². The number of fused-ring (bicyclic) bond motifs is 2. The second-order valence-electron chi connectivity index (χ2n) is 8.78. The molecule has 0 bridgehead atoms. The zero-order valence-electron chi connectivity index (χ0n) is 20.2. The summed E-state index contributed by atoms with van der Waals surface area (Å²) in [4.78, 5) is 18.2. The third-order valence-electron chi connectivity index (χ3n) is 6.06. The highest BCUT2D eigenvalue weighted by Crippen LogP contribution is 2.28. The van der Waals surface area contributed by atoms with E-state index in [-0.39, 0.29) is 5.56 Å². The van der Waals surface area contributed by atoms with Crippen molar-refractivity contribution in [1.29, 1.82) is 0 Å². The zero-order valence-corrected chi connectivity index (χ0v) is 21.8. The van der Waals surface area contributed by atoms with E-state index in [1.165, 1.54) is 10.2 Å². The first-order chi connectivity index (χ1) is 17.5. The molecule has 0 unspecified atom stereocenters. The second kappa shape index (κ2) is 10.5. The third kappa shape index (κ3) is 4.95. The molecule has 5 aromatic rings. The summed E-state index contributed by atoms with van der Waals surface area (Å²) in [6, 6.07) is 25.9. The van der Waals surface area contributed by atoms with Gasteiger partial charge >= 0.3 is 0 Å². The number of ether oxygens (including phenoxy) is 1. The molecule has 0 amide bonds. The SMILES string of the molecule is CCCc1nc2ccc(Br)cc2c(=O)n1N=Cc1c(OCc2cccc(C)c2)ccc2ccccc12. The molecular formula is C30H26BrN3O2. The Hall–Kier alpha value is -3.77. The van der Waals surface area contributed by atoms with E-state index in [2.05, 4.69) is 59.1 Å². The predicted molar refractivity (Wildman–Crippen MR) is 150 cm³/mol. The summed E-state index contributed by atoms with van der Waals surface area (Å²) in [5.74, 6) is 1.34. The van der Waals surface area contributed by atoms with Crippen LogP contribution in [0.1, 0.15) is 35.9 Å². The van der Waals surface area contributed by atoms with Crippen LogP contribution < -0.4 is 10.3 Å². The molecule has 1 aromatic heterocycles. The van der Waals surface area contributed by atoms with Crippen molar-refractivity contribution in [3.8, 4) is 5.75 Å². The molecule has 1 heterocycles. The van der Waals surface area contributed by atoms with Crippen molar-refractivity contribution in [2.45, 2.75) is 33.3 Å². The number of aromatic nitrogens is 2. The lowest BCUT2D eigenvalue weighted by atomic mass is 10.0. The van der Waals surface area contributed by atoms with E-state index in [1.54, 1.807) is 12.3 Å². The Morgan fingerprint density at radius 3 is 2.69 bits per heavy atom. The average molecular weight is 540 g/mol. The maximum absolute atomic E-state index is 13.4. The van der Waals surface area contributed by atoms with Crippen LogP contribution in [0.15, 0.2) is 93.2 Å². The van der Waals surface area contributed by atoms with Crippen LogP contribution in [-0.4, -0.2) is 15.9 Å². The molecule has 36 heavy (non-hydrogen) atoms. The first-order valence-corrected chi connectivity index (χ1v) is 12.8. The molecule has 0 atom stereocenters. The first-order valence-electron chi connectivity index (χ1n) is 12.0. The topological polar surface area (TPSA) is 56.5 Å². The Morgan fingerprint density at radius 1 is 1.00 bits per heavy atom. The lowest BCUT2D eigenvalue weighted by molar-refractivity contribution is 0.306. The minimum atomic E-state index is -0.191. The quantitative estimate of drug-likeness (QED) is 0.208. The zero-order chi connectivity index (χ0) is 25.1. The third-order valence-corrected chi connectivity index (χ3v) is 6.55. The standard InChI is InChI=1S/C30H26BrN3O2/c1-3-7-29-33-27-14-13-23(31)17-25(27)30(35)34(29)32-18-26-24-11-5-4-10-22(24)12-15-28(26)36-19-21-9-6-8-20(2)16-21/h4-6,8-18H,3,7,19H2,1-2H3. The summed E-state index contributed by atoms with van der Waals surface area (Å²) in [5.41, 5.74) is 3.59. The fourth-order valence-corrected chi connectivity index (χ4v) is 4.67. The van der Waals surface area contributed by atoms with E-state index in [0.29, 0.717) is 35.5 Å². The molecule has 0 saturated heterocycles. The molecule has 0 radical (unpaired) electrons. The van der Waals surface area contributed by atoms with Crippen molar-refractivity contribution in [3.05, 3.63) is 116 Å². The van der Waals surface area contributed by atoms with E-state index in [1.807, 2.05) is 48.5 Å². The molecule has 0 spiro atoms. The number of benzene rings is 4. The molecule has 0 N–H and O–H groups in total. The van der Waals surface area contributed by atoms with Gasteiger partial charge in [0.25, 0.3) is 5.56 Å². The molecule has 4 aromatic carbocycles. The minimum absolute atomic E-state index is 0.191. The van der Waals surface area contributed by atoms with Crippen LogP contribution in [0.4, 0.5) is 0 Å². The molecule has 0 fully saturated rings. The molecule has 6 heteroatoms. The van der Waals surface area contributed by atoms with Gasteiger partial charge in [-0.1, -0.05) is 83.0 Å². The lowest BCUT2D eigenvalue weighted by Crippen LogP contribution is -2.22. The van der Waals surface area contributed by atoms with Gasteiger partial charge in [0.1, 0.15) is 18.2 Å². The van der Waals surface area contributed by atoms with Crippen LogP contribution in [-0.2, 0) is 13.0 Å². The molecule has 5 rings (SSSR count). The van der Waals surface area contributed by atoms with Crippen LogP contribution in [0.3, 0.4) is 0 Å². The van der Waals surface area contributed by atoms with E-state index in [9.17, 15) is 4.79 Å². The number of hydrogen-bond donors (Lipinski definition) is 0.